The smallest absolute Gasteiger partial charge is 0.315 e. The predicted molar refractivity (Wildman–Crippen MR) is 72.7 cm³/mol. The van der Waals surface area contributed by atoms with Gasteiger partial charge in [-0.2, -0.15) is 0 Å². The lowest BCUT2D eigenvalue weighted by atomic mass is 10.1. The summed E-state index contributed by atoms with van der Waals surface area (Å²) in [5.41, 5.74) is -1.15. The average molecular weight is 338 g/mol. The van der Waals surface area contributed by atoms with Crippen molar-refractivity contribution in [3.05, 3.63) is 0 Å². The average Bonchev–Trinajstić information content (AvgIpc) is 2.75. The third kappa shape index (κ3) is 3.55. The molecule has 2 unspecified atom stereocenters. The first-order valence-corrected chi connectivity index (χ1v) is 8.72. The molecule has 1 rings (SSSR count). The zero-order valence-electron chi connectivity index (χ0n) is 10.4. The zero-order chi connectivity index (χ0) is 14.2. The van der Waals surface area contributed by atoms with Gasteiger partial charge >= 0.3 is 5.97 Å². The molecule has 0 radical (unpaired) electrons. The van der Waals surface area contributed by atoms with Crippen LogP contribution in [0.15, 0.2) is 0 Å². The van der Waals surface area contributed by atoms with Gasteiger partial charge in [-0.25, -0.2) is 0 Å². The van der Waals surface area contributed by atoms with Crippen LogP contribution in [0.2, 0.25) is 0 Å². The Bertz CT molecular complexity index is 385. The van der Waals surface area contributed by atoms with Crippen molar-refractivity contribution in [2.75, 3.05) is 12.0 Å². The second-order valence-corrected chi connectivity index (χ2v) is 9.40. The van der Waals surface area contributed by atoms with Gasteiger partial charge in [-0.1, -0.05) is 0 Å². The fraction of sp³-hybridized carbons (Fsp3) is 0.900. The molecular weight excluding hydrogens is 321 g/mol. The highest BCUT2D eigenvalue weighted by Crippen LogP contribution is 2.64. The summed E-state index contributed by atoms with van der Waals surface area (Å²) < 4.78 is 21.2. The van der Waals surface area contributed by atoms with Crippen LogP contribution < -0.4 is 0 Å². The van der Waals surface area contributed by atoms with Crippen molar-refractivity contribution in [2.45, 2.75) is 37.6 Å². The first kappa shape index (κ1) is 16.6. The maximum Gasteiger partial charge on any atom is 0.315 e. The molecule has 0 amide bonds. The maximum absolute atomic E-state index is 12.1. The van der Waals surface area contributed by atoms with Gasteiger partial charge in [-0.3, -0.25) is 9.36 Å². The molecule has 0 aliphatic heterocycles. The maximum atomic E-state index is 12.1. The molecule has 0 spiro atoms. The van der Waals surface area contributed by atoms with E-state index in [-0.39, 0.29) is 18.1 Å². The number of alkyl halides is 3. The normalized spacial score (nSPS) is 28.8. The Kier molecular flexibility index (Phi) is 5.06. The third-order valence-electron chi connectivity index (χ3n) is 2.69. The number of esters is 1. The lowest BCUT2D eigenvalue weighted by Crippen LogP contribution is -2.22. The van der Waals surface area contributed by atoms with Crippen LogP contribution in [0.1, 0.15) is 27.2 Å². The Hall–Kier alpha value is 0.530. The van der Waals surface area contributed by atoms with E-state index in [1.165, 1.54) is 0 Å². The van der Waals surface area contributed by atoms with E-state index in [0.717, 1.165) is 0 Å². The molecule has 1 fully saturated rings. The van der Waals surface area contributed by atoms with Crippen molar-refractivity contribution in [3.8, 4) is 0 Å². The molecule has 0 N–H and O–H groups in total. The summed E-state index contributed by atoms with van der Waals surface area (Å²) in [6.45, 7) is 5.06. The second-order valence-electron chi connectivity index (χ2n) is 4.86. The lowest BCUT2D eigenvalue weighted by Gasteiger charge is -2.20. The summed E-state index contributed by atoms with van der Waals surface area (Å²) in [4.78, 5) is 11.8. The van der Waals surface area contributed by atoms with Crippen molar-refractivity contribution in [1.82, 2.24) is 0 Å². The topological polar surface area (TPSA) is 52.6 Å². The minimum atomic E-state index is -3.16. The molecule has 0 saturated heterocycles. The van der Waals surface area contributed by atoms with Gasteiger partial charge in [0.1, 0.15) is 15.4 Å². The van der Waals surface area contributed by atoms with E-state index in [1.807, 2.05) is 0 Å². The number of rotatable bonds is 6. The second kappa shape index (κ2) is 5.49. The fourth-order valence-corrected chi connectivity index (χ4v) is 3.75. The SMILES string of the molecule is CC(C)OP(=O)(CCl)COC(=O)C1(C)CC1(Cl)Cl. The van der Waals surface area contributed by atoms with Crippen molar-refractivity contribution in [1.29, 1.82) is 0 Å². The predicted octanol–water partition coefficient (Wildman–Crippen LogP) is 3.97. The highest BCUT2D eigenvalue weighted by molar-refractivity contribution is 7.60. The van der Waals surface area contributed by atoms with Gasteiger partial charge in [0.25, 0.3) is 7.37 Å². The first-order chi connectivity index (χ1) is 8.06. The van der Waals surface area contributed by atoms with Crippen LogP contribution in [0.5, 0.6) is 0 Å². The number of carbonyl (C=O) groups excluding carboxylic acids is 1. The largest absolute Gasteiger partial charge is 0.455 e. The summed E-state index contributed by atoms with van der Waals surface area (Å²) >= 11 is 17.3. The fourth-order valence-electron chi connectivity index (χ4n) is 1.41. The summed E-state index contributed by atoms with van der Waals surface area (Å²) in [5, 5.41) is 0. The Labute approximate surface area is 122 Å². The molecule has 1 saturated carbocycles. The molecule has 8 heteroatoms. The molecule has 0 heterocycles. The molecule has 0 bridgehead atoms. The van der Waals surface area contributed by atoms with Crippen LogP contribution in [-0.4, -0.2) is 28.4 Å². The van der Waals surface area contributed by atoms with Crippen LogP contribution in [0.4, 0.5) is 0 Å². The van der Waals surface area contributed by atoms with Crippen LogP contribution in [-0.2, 0) is 18.6 Å². The number of halogens is 3. The van der Waals surface area contributed by atoms with Gasteiger partial charge in [0, 0.05) is 6.42 Å². The van der Waals surface area contributed by atoms with Gasteiger partial charge in [-0.15, -0.1) is 34.8 Å². The Morgan fingerprint density at radius 1 is 1.44 bits per heavy atom. The minimum absolute atomic E-state index is 0.206. The van der Waals surface area contributed by atoms with E-state index in [0.29, 0.717) is 6.42 Å². The van der Waals surface area contributed by atoms with Gasteiger partial charge < -0.3 is 9.26 Å². The Morgan fingerprint density at radius 3 is 2.28 bits per heavy atom. The van der Waals surface area contributed by atoms with Crippen molar-refractivity contribution in [3.63, 3.8) is 0 Å². The monoisotopic (exact) mass is 336 g/mol. The number of ether oxygens (including phenoxy) is 1. The molecule has 2 atom stereocenters. The van der Waals surface area contributed by atoms with Crippen molar-refractivity contribution < 1.29 is 18.6 Å². The van der Waals surface area contributed by atoms with Crippen LogP contribution in [0, 0.1) is 5.41 Å². The molecule has 0 aromatic heterocycles. The van der Waals surface area contributed by atoms with E-state index in [4.69, 9.17) is 44.1 Å². The van der Waals surface area contributed by atoms with E-state index in [1.54, 1.807) is 20.8 Å². The summed E-state index contributed by atoms with van der Waals surface area (Å²) in [6.07, 6.45) is -0.296. The first-order valence-electron chi connectivity index (χ1n) is 5.44. The molecule has 4 nitrogen and oxygen atoms in total. The van der Waals surface area contributed by atoms with E-state index in [9.17, 15) is 9.36 Å². The van der Waals surface area contributed by atoms with Crippen LogP contribution in [0.3, 0.4) is 0 Å². The third-order valence-corrected chi connectivity index (χ3v) is 6.57. The van der Waals surface area contributed by atoms with Crippen molar-refractivity contribution >= 4 is 48.1 Å². The molecule has 0 aromatic rings. The summed E-state index contributed by atoms with van der Waals surface area (Å²) in [7, 11) is -3.16. The molecule has 1 aliphatic carbocycles. The van der Waals surface area contributed by atoms with E-state index in [2.05, 4.69) is 0 Å². The quantitative estimate of drug-likeness (QED) is 0.418. The number of carbonyl (C=O) groups is 1. The highest BCUT2D eigenvalue weighted by atomic mass is 35.5. The minimum Gasteiger partial charge on any atom is -0.455 e. The molecule has 0 aromatic carbocycles. The standard InChI is InChI=1S/C10H16Cl3O4P/c1-7(2)17-18(15,5-11)6-16-8(14)9(3)4-10(9,12)13/h7H,4-6H2,1-3H3. The van der Waals surface area contributed by atoms with Gasteiger partial charge in [0.2, 0.25) is 0 Å². The van der Waals surface area contributed by atoms with Gasteiger partial charge in [0.05, 0.1) is 6.10 Å². The molecule has 1 aliphatic rings. The van der Waals surface area contributed by atoms with Gasteiger partial charge in [-0.05, 0) is 20.8 Å². The summed E-state index contributed by atoms with van der Waals surface area (Å²) in [6, 6.07) is 0. The number of hydrogen-bond donors (Lipinski definition) is 0. The Balaban J connectivity index is 2.55. The Morgan fingerprint density at radius 2 is 1.94 bits per heavy atom. The van der Waals surface area contributed by atoms with E-state index >= 15 is 0 Å². The van der Waals surface area contributed by atoms with Crippen LogP contribution >= 0.6 is 42.2 Å². The molecule has 18 heavy (non-hydrogen) atoms. The molecule has 106 valence electrons. The lowest BCUT2D eigenvalue weighted by molar-refractivity contribution is -0.147. The highest BCUT2D eigenvalue weighted by Gasteiger charge is 2.69. The van der Waals surface area contributed by atoms with Crippen LogP contribution in [0.25, 0.3) is 0 Å². The molecular formula is C10H16Cl3O4P. The van der Waals surface area contributed by atoms with Gasteiger partial charge in [0.15, 0.2) is 6.35 Å². The zero-order valence-corrected chi connectivity index (χ0v) is 13.6. The van der Waals surface area contributed by atoms with E-state index < -0.39 is 23.1 Å². The summed E-state index contributed by atoms with van der Waals surface area (Å²) in [5.74, 6) is -0.579. The van der Waals surface area contributed by atoms with Crippen molar-refractivity contribution in [2.24, 2.45) is 5.41 Å². The number of hydrogen-bond acceptors (Lipinski definition) is 4.